The first-order chi connectivity index (χ1) is 18.0. The fourth-order valence-electron chi connectivity index (χ4n) is 5.13. The van der Waals surface area contributed by atoms with E-state index in [1.807, 2.05) is 12.1 Å². The fraction of sp³-hybridized carbons (Fsp3) is 0.333. The van der Waals surface area contributed by atoms with Crippen molar-refractivity contribution in [3.63, 3.8) is 0 Å². The molecule has 1 aliphatic carbocycles. The number of allylic oxidation sites excluding steroid dienone is 2. The minimum absolute atomic E-state index is 0.107. The molecule has 2 aromatic carbocycles. The number of fused-ring (bicyclic) bond motifs is 1. The molecular weight excluding hydrogens is 461 g/mol. The third-order valence-corrected chi connectivity index (χ3v) is 7.33. The SMILES string of the molecule is C#CC(C#C)CCC1=CCC(CCc2cc(=O)c3cc(-c4cccc(F)c4)ccc3nc2CO)CCC1. The highest BCUT2D eigenvalue weighted by molar-refractivity contribution is 5.84. The lowest BCUT2D eigenvalue weighted by atomic mass is 9.93. The summed E-state index contributed by atoms with van der Waals surface area (Å²) in [6.45, 7) is -0.232. The molecule has 4 heteroatoms. The summed E-state index contributed by atoms with van der Waals surface area (Å²) in [5, 5.41) is 10.5. The highest BCUT2D eigenvalue weighted by Gasteiger charge is 2.16. The second-order valence-corrected chi connectivity index (χ2v) is 9.81. The highest BCUT2D eigenvalue weighted by Crippen LogP contribution is 2.29. The Labute approximate surface area is 218 Å². The van der Waals surface area contributed by atoms with Crippen LogP contribution in [0.1, 0.15) is 56.2 Å². The number of benzene rings is 2. The minimum atomic E-state index is -0.327. The number of aryl methyl sites for hydroxylation is 1. The van der Waals surface area contributed by atoms with Crippen LogP contribution in [0.3, 0.4) is 0 Å². The normalized spacial score (nSPS) is 15.6. The summed E-state index contributed by atoms with van der Waals surface area (Å²) in [5.41, 5.74) is 4.59. The van der Waals surface area contributed by atoms with Crippen LogP contribution in [0.15, 0.2) is 65.0 Å². The molecule has 1 aliphatic rings. The van der Waals surface area contributed by atoms with Crippen LogP contribution in [0.5, 0.6) is 0 Å². The molecule has 0 amide bonds. The molecule has 0 saturated heterocycles. The molecule has 188 valence electrons. The van der Waals surface area contributed by atoms with Crippen molar-refractivity contribution in [3.8, 4) is 35.8 Å². The summed E-state index contributed by atoms with van der Waals surface area (Å²) in [7, 11) is 0. The lowest BCUT2D eigenvalue weighted by Gasteiger charge is -2.13. The van der Waals surface area contributed by atoms with Crippen LogP contribution in [0, 0.1) is 42.3 Å². The Morgan fingerprint density at radius 3 is 2.65 bits per heavy atom. The molecule has 0 aliphatic heterocycles. The topological polar surface area (TPSA) is 50.2 Å². The Hall–Kier alpha value is -3.73. The number of hydrogen-bond donors (Lipinski definition) is 1. The van der Waals surface area contributed by atoms with Gasteiger partial charge in [-0.1, -0.05) is 41.7 Å². The van der Waals surface area contributed by atoms with Gasteiger partial charge in [0.2, 0.25) is 0 Å². The predicted molar refractivity (Wildman–Crippen MR) is 148 cm³/mol. The van der Waals surface area contributed by atoms with Crippen molar-refractivity contribution in [2.45, 2.75) is 58.0 Å². The van der Waals surface area contributed by atoms with Crippen LogP contribution in [-0.4, -0.2) is 10.1 Å². The molecule has 1 heterocycles. The molecule has 1 N–H and O–H groups in total. The number of halogens is 1. The zero-order valence-electron chi connectivity index (χ0n) is 21.1. The number of aromatic nitrogens is 1. The van der Waals surface area contributed by atoms with Gasteiger partial charge in [0.15, 0.2) is 5.43 Å². The van der Waals surface area contributed by atoms with Crippen molar-refractivity contribution in [2.75, 3.05) is 0 Å². The lowest BCUT2D eigenvalue weighted by Crippen LogP contribution is -2.04. The quantitative estimate of drug-likeness (QED) is 0.284. The van der Waals surface area contributed by atoms with Gasteiger partial charge in [-0.2, -0.15) is 0 Å². The lowest BCUT2D eigenvalue weighted by molar-refractivity contribution is 0.275. The van der Waals surface area contributed by atoms with Gasteiger partial charge in [-0.25, -0.2) is 9.37 Å². The summed E-state index contributed by atoms with van der Waals surface area (Å²) in [6.07, 6.45) is 21.0. The number of rotatable bonds is 8. The molecule has 0 spiro atoms. The average Bonchev–Trinajstić information content (AvgIpc) is 3.22. The fourth-order valence-corrected chi connectivity index (χ4v) is 5.13. The first-order valence-corrected chi connectivity index (χ1v) is 12.9. The van der Waals surface area contributed by atoms with Crippen LogP contribution in [0.4, 0.5) is 4.39 Å². The average molecular weight is 494 g/mol. The van der Waals surface area contributed by atoms with E-state index in [0.717, 1.165) is 56.1 Å². The summed E-state index contributed by atoms with van der Waals surface area (Å²) >= 11 is 0. The summed E-state index contributed by atoms with van der Waals surface area (Å²) in [4.78, 5) is 17.9. The van der Waals surface area contributed by atoms with Gasteiger partial charge in [-0.05, 0) is 104 Å². The molecule has 0 radical (unpaired) electrons. The van der Waals surface area contributed by atoms with E-state index in [1.165, 1.54) is 17.7 Å². The molecule has 4 rings (SSSR count). The Morgan fingerprint density at radius 2 is 1.89 bits per heavy atom. The molecule has 0 bridgehead atoms. The van der Waals surface area contributed by atoms with Crippen molar-refractivity contribution < 1.29 is 9.50 Å². The number of aliphatic hydroxyl groups excluding tert-OH is 1. The smallest absolute Gasteiger partial charge is 0.188 e. The predicted octanol–water partition coefficient (Wildman–Crippen LogP) is 6.61. The van der Waals surface area contributed by atoms with Crippen LogP contribution >= 0.6 is 0 Å². The number of terminal acetylenes is 2. The largest absolute Gasteiger partial charge is 0.390 e. The maximum absolute atomic E-state index is 13.7. The van der Waals surface area contributed by atoms with Gasteiger partial charge < -0.3 is 5.11 Å². The Morgan fingerprint density at radius 1 is 1.08 bits per heavy atom. The number of aliphatic hydroxyl groups is 1. The van der Waals surface area contributed by atoms with E-state index in [0.29, 0.717) is 34.5 Å². The zero-order chi connectivity index (χ0) is 26.2. The number of nitrogens with zero attached hydrogens (tertiary/aromatic N) is 1. The second kappa shape index (κ2) is 12.5. The molecular formula is C33H32FNO2. The third kappa shape index (κ3) is 6.73. The van der Waals surface area contributed by atoms with Crippen molar-refractivity contribution >= 4 is 10.9 Å². The van der Waals surface area contributed by atoms with E-state index in [-0.39, 0.29) is 23.8 Å². The van der Waals surface area contributed by atoms with Crippen molar-refractivity contribution in [3.05, 3.63) is 87.5 Å². The molecule has 1 atom stereocenters. The van der Waals surface area contributed by atoms with Gasteiger partial charge in [0.1, 0.15) is 5.82 Å². The van der Waals surface area contributed by atoms with Gasteiger partial charge in [0.05, 0.1) is 23.7 Å². The Balaban J connectivity index is 1.52. The van der Waals surface area contributed by atoms with Crippen LogP contribution in [0.2, 0.25) is 0 Å². The molecule has 0 saturated carbocycles. The van der Waals surface area contributed by atoms with Gasteiger partial charge in [-0.15, -0.1) is 12.8 Å². The van der Waals surface area contributed by atoms with Gasteiger partial charge in [0, 0.05) is 5.39 Å². The second-order valence-electron chi connectivity index (χ2n) is 9.81. The van der Waals surface area contributed by atoms with Gasteiger partial charge >= 0.3 is 0 Å². The highest BCUT2D eigenvalue weighted by atomic mass is 19.1. The maximum Gasteiger partial charge on any atom is 0.188 e. The van der Waals surface area contributed by atoms with Crippen LogP contribution < -0.4 is 5.43 Å². The standard InChI is InChI=1S/C33H32FNO2/c1-3-23(4-2)11-12-24-7-5-8-25(14-13-24)15-16-28-21-33(37)30-20-27(26-9-6-10-29(34)19-26)17-18-31(30)35-32(28)22-36/h1-2,6,9-10,13,17-21,23,25,36H,5,7-8,11-12,14-16,22H2. The van der Waals surface area contributed by atoms with E-state index in [4.69, 9.17) is 12.8 Å². The molecule has 37 heavy (non-hydrogen) atoms. The van der Waals surface area contributed by atoms with Crippen LogP contribution in [-0.2, 0) is 13.0 Å². The van der Waals surface area contributed by atoms with E-state index in [2.05, 4.69) is 22.9 Å². The molecule has 3 nitrogen and oxygen atoms in total. The van der Waals surface area contributed by atoms with Gasteiger partial charge in [-0.3, -0.25) is 4.79 Å². The Kier molecular flexibility index (Phi) is 8.89. The van der Waals surface area contributed by atoms with Crippen molar-refractivity contribution in [1.29, 1.82) is 0 Å². The van der Waals surface area contributed by atoms with E-state index >= 15 is 0 Å². The first kappa shape index (κ1) is 26.3. The Bertz CT molecular complexity index is 1430. The maximum atomic E-state index is 13.7. The molecule has 1 aromatic heterocycles. The molecule has 0 fully saturated rings. The van der Waals surface area contributed by atoms with Crippen molar-refractivity contribution in [1.82, 2.24) is 4.98 Å². The van der Waals surface area contributed by atoms with E-state index in [9.17, 15) is 14.3 Å². The summed E-state index contributed by atoms with van der Waals surface area (Å²) in [6, 6.07) is 13.3. The first-order valence-electron chi connectivity index (χ1n) is 12.9. The van der Waals surface area contributed by atoms with E-state index in [1.54, 1.807) is 24.3 Å². The molecule has 1 unspecified atom stereocenters. The molecule has 3 aromatic rings. The minimum Gasteiger partial charge on any atom is -0.390 e. The zero-order valence-corrected chi connectivity index (χ0v) is 21.1. The number of hydrogen-bond acceptors (Lipinski definition) is 3. The van der Waals surface area contributed by atoms with E-state index < -0.39 is 0 Å². The third-order valence-electron chi connectivity index (χ3n) is 7.33. The van der Waals surface area contributed by atoms with Crippen molar-refractivity contribution in [2.24, 2.45) is 11.8 Å². The van der Waals surface area contributed by atoms with Gasteiger partial charge in [0.25, 0.3) is 0 Å². The summed E-state index contributed by atoms with van der Waals surface area (Å²) < 4.78 is 13.7. The van der Waals surface area contributed by atoms with Crippen LogP contribution in [0.25, 0.3) is 22.0 Å². The summed E-state index contributed by atoms with van der Waals surface area (Å²) in [5.74, 6) is 5.41. The monoisotopic (exact) mass is 493 g/mol.